The van der Waals surface area contributed by atoms with Gasteiger partial charge in [-0.2, -0.15) is 4.98 Å². The van der Waals surface area contributed by atoms with Crippen LogP contribution in [0.3, 0.4) is 0 Å². The minimum Gasteiger partial charge on any atom is -0.339 e. The van der Waals surface area contributed by atoms with Crippen LogP contribution >= 0.6 is 0 Å². The molecule has 2 heterocycles. The first kappa shape index (κ1) is 6.97. The molecule has 0 N–H and O–H groups in total. The monoisotopic (exact) mass is 161 g/mol. The minimum absolute atomic E-state index is 0.614. The zero-order valence-corrected chi connectivity index (χ0v) is 6.34. The third-order valence-corrected chi connectivity index (χ3v) is 1.49. The molecular weight excluding hydrogens is 154 g/mol. The summed E-state index contributed by atoms with van der Waals surface area (Å²) in [7, 11) is 0. The maximum atomic E-state index is 4.85. The molecule has 0 bridgehead atoms. The Bertz CT molecular complexity index is 330. The van der Waals surface area contributed by atoms with Crippen molar-refractivity contribution < 1.29 is 4.52 Å². The molecule has 4 heteroatoms. The molecule has 0 saturated heterocycles. The number of hydrogen-bond acceptors (Lipinski definition) is 4. The van der Waals surface area contributed by atoms with E-state index in [0.29, 0.717) is 12.3 Å². The largest absolute Gasteiger partial charge is 0.339 e. The Kier molecular flexibility index (Phi) is 1.82. The van der Waals surface area contributed by atoms with Gasteiger partial charge in [0.05, 0.1) is 6.42 Å². The highest BCUT2D eigenvalue weighted by Crippen LogP contribution is 2.03. The average molecular weight is 161 g/mol. The van der Waals surface area contributed by atoms with Gasteiger partial charge in [0.1, 0.15) is 0 Å². The highest BCUT2D eigenvalue weighted by Gasteiger charge is 1.99. The van der Waals surface area contributed by atoms with Gasteiger partial charge in [-0.3, -0.25) is 4.98 Å². The van der Waals surface area contributed by atoms with Gasteiger partial charge < -0.3 is 4.52 Å². The lowest BCUT2D eigenvalue weighted by Gasteiger charge is -1.92. The van der Waals surface area contributed by atoms with E-state index in [2.05, 4.69) is 15.1 Å². The smallest absolute Gasteiger partial charge is 0.230 e. The Hall–Kier alpha value is -1.71. The summed E-state index contributed by atoms with van der Waals surface area (Å²) in [6.07, 6.45) is 5.56. The molecule has 0 amide bonds. The molecule has 0 aliphatic carbocycles. The van der Waals surface area contributed by atoms with E-state index in [4.69, 9.17) is 4.52 Å². The molecule has 2 aromatic rings. The van der Waals surface area contributed by atoms with E-state index in [9.17, 15) is 0 Å². The lowest BCUT2D eigenvalue weighted by atomic mass is 10.2. The molecule has 0 fully saturated rings. The van der Waals surface area contributed by atoms with Gasteiger partial charge in [-0.25, -0.2) is 0 Å². The van der Waals surface area contributed by atoms with Crippen molar-refractivity contribution in [2.75, 3.05) is 0 Å². The second kappa shape index (κ2) is 3.13. The fourth-order valence-corrected chi connectivity index (χ4v) is 0.951. The standard InChI is InChI=1S/C8H7N3O/c1-2-7(5-9-3-1)4-8-10-6-11-12-8/h1-3,5-6H,4H2. The number of nitrogens with zero attached hydrogens (tertiary/aromatic N) is 3. The molecule has 0 atom stereocenters. The van der Waals surface area contributed by atoms with Crippen LogP contribution in [0.4, 0.5) is 0 Å². The summed E-state index contributed by atoms with van der Waals surface area (Å²) in [4.78, 5) is 7.88. The normalized spacial score (nSPS) is 10.0. The first-order chi connectivity index (χ1) is 5.95. The predicted octanol–water partition coefficient (Wildman–Crippen LogP) is 1.06. The predicted molar refractivity (Wildman–Crippen MR) is 41.3 cm³/mol. The van der Waals surface area contributed by atoms with Gasteiger partial charge in [0, 0.05) is 12.4 Å². The van der Waals surface area contributed by atoms with Gasteiger partial charge in [0.25, 0.3) is 0 Å². The second-order valence-corrected chi connectivity index (χ2v) is 2.37. The zero-order chi connectivity index (χ0) is 8.23. The molecule has 60 valence electrons. The van der Waals surface area contributed by atoms with Crippen LogP contribution in [-0.4, -0.2) is 15.1 Å². The zero-order valence-electron chi connectivity index (χ0n) is 6.34. The third-order valence-electron chi connectivity index (χ3n) is 1.49. The third kappa shape index (κ3) is 1.47. The van der Waals surface area contributed by atoms with Crippen molar-refractivity contribution in [3.05, 3.63) is 42.3 Å². The summed E-state index contributed by atoms with van der Waals surface area (Å²) in [6, 6.07) is 3.85. The summed E-state index contributed by atoms with van der Waals surface area (Å²) in [5.74, 6) is 0.614. The lowest BCUT2D eigenvalue weighted by molar-refractivity contribution is 0.384. The van der Waals surface area contributed by atoms with Crippen LogP contribution < -0.4 is 0 Å². The second-order valence-electron chi connectivity index (χ2n) is 2.37. The summed E-state index contributed by atoms with van der Waals surface area (Å²) in [5, 5.41) is 3.51. The van der Waals surface area contributed by atoms with E-state index in [1.54, 1.807) is 12.4 Å². The number of rotatable bonds is 2. The molecule has 4 nitrogen and oxygen atoms in total. The van der Waals surface area contributed by atoms with Crippen LogP contribution in [0.1, 0.15) is 11.5 Å². The molecular formula is C8H7N3O. The molecule has 0 aliphatic heterocycles. The van der Waals surface area contributed by atoms with Crippen molar-refractivity contribution in [3.63, 3.8) is 0 Å². The first-order valence-electron chi connectivity index (χ1n) is 3.59. The quantitative estimate of drug-likeness (QED) is 0.660. The van der Waals surface area contributed by atoms with Crippen LogP contribution in [0.5, 0.6) is 0 Å². The van der Waals surface area contributed by atoms with Gasteiger partial charge in [-0.05, 0) is 11.6 Å². The number of aromatic nitrogens is 3. The SMILES string of the molecule is c1cncc(Cc2ncno2)c1. The highest BCUT2D eigenvalue weighted by atomic mass is 16.5. The lowest BCUT2D eigenvalue weighted by Crippen LogP contribution is -1.87. The molecule has 0 aromatic carbocycles. The van der Waals surface area contributed by atoms with Gasteiger partial charge in [-0.15, -0.1) is 0 Å². The van der Waals surface area contributed by atoms with E-state index in [0.717, 1.165) is 5.56 Å². The van der Waals surface area contributed by atoms with Crippen LogP contribution in [0.25, 0.3) is 0 Å². The molecule has 0 aliphatic rings. The molecule has 0 spiro atoms. The molecule has 12 heavy (non-hydrogen) atoms. The van der Waals surface area contributed by atoms with Crippen molar-refractivity contribution in [2.24, 2.45) is 0 Å². The molecule has 0 saturated carbocycles. The summed E-state index contributed by atoms with van der Waals surface area (Å²) in [6.45, 7) is 0. The average Bonchev–Trinajstić information content (AvgIpc) is 2.59. The fraction of sp³-hybridized carbons (Fsp3) is 0.125. The number of hydrogen-bond donors (Lipinski definition) is 0. The van der Waals surface area contributed by atoms with E-state index >= 15 is 0 Å². The van der Waals surface area contributed by atoms with Crippen molar-refractivity contribution in [2.45, 2.75) is 6.42 Å². The fourth-order valence-electron chi connectivity index (χ4n) is 0.951. The van der Waals surface area contributed by atoms with Crippen LogP contribution in [0, 0.1) is 0 Å². The van der Waals surface area contributed by atoms with Crippen LogP contribution in [-0.2, 0) is 6.42 Å². The van der Waals surface area contributed by atoms with E-state index < -0.39 is 0 Å². The maximum Gasteiger partial charge on any atom is 0.230 e. The van der Waals surface area contributed by atoms with Gasteiger partial charge in [-0.1, -0.05) is 11.2 Å². The first-order valence-corrected chi connectivity index (χ1v) is 3.59. The summed E-state index contributed by atoms with van der Waals surface area (Å²) in [5.41, 5.74) is 1.07. The van der Waals surface area contributed by atoms with E-state index in [1.807, 2.05) is 12.1 Å². The Morgan fingerprint density at radius 1 is 1.42 bits per heavy atom. The van der Waals surface area contributed by atoms with Gasteiger partial charge in [0.2, 0.25) is 5.89 Å². The Balaban J connectivity index is 2.15. The topological polar surface area (TPSA) is 51.8 Å². The summed E-state index contributed by atoms with van der Waals surface area (Å²) >= 11 is 0. The molecule has 0 radical (unpaired) electrons. The van der Waals surface area contributed by atoms with Crippen LogP contribution in [0.15, 0.2) is 35.4 Å². The Morgan fingerprint density at radius 3 is 3.08 bits per heavy atom. The molecule has 0 unspecified atom stereocenters. The number of pyridine rings is 1. The highest BCUT2D eigenvalue weighted by molar-refractivity contribution is 5.12. The molecule has 2 rings (SSSR count). The summed E-state index contributed by atoms with van der Waals surface area (Å²) < 4.78 is 4.85. The van der Waals surface area contributed by atoms with Crippen molar-refractivity contribution in [1.29, 1.82) is 0 Å². The Morgan fingerprint density at radius 2 is 2.42 bits per heavy atom. The van der Waals surface area contributed by atoms with Crippen molar-refractivity contribution in [1.82, 2.24) is 15.1 Å². The minimum atomic E-state index is 0.614. The van der Waals surface area contributed by atoms with Crippen molar-refractivity contribution in [3.8, 4) is 0 Å². The molecule has 2 aromatic heterocycles. The van der Waals surface area contributed by atoms with Crippen LogP contribution in [0.2, 0.25) is 0 Å². The van der Waals surface area contributed by atoms with E-state index in [1.165, 1.54) is 6.33 Å². The van der Waals surface area contributed by atoms with E-state index in [-0.39, 0.29) is 0 Å². The van der Waals surface area contributed by atoms with Gasteiger partial charge in [0.15, 0.2) is 6.33 Å². The van der Waals surface area contributed by atoms with Gasteiger partial charge >= 0.3 is 0 Å². The maximum absolute atomic E-state index is 4.85. The van der Waals surface area contributed by atoms with Crippen molar-refractivity contribution >= 4 is 0 Å². The Labute approximate surface area is 69.3 Å².